The van der Waals surface area contributed by atoms with Gasteiger partial charge in [-0.1, -0.05) is 42.5 Å². The maximum atomic E-state index is 12.8. The van der Waals surface area contributed by atoms with Crippen molar-refractivity contribution in [3.8, 4) is 11.3 Å². The van der Waals surface area contributed by atoms with E-state index in [0.717, 1.165) is 24.3 Å². The number of anilines is 1. The molecule has 1 amide bonds. The van der Waals surface area contributed by atoms with Gasteiger partial charge < -0.3 is 9.80 Å². The topological polar surface area (TPSA) is 52.2 Å². The Morgan fingerprint density at radius 1 is 0.962 bits per heavy atom. The number of H-pyrrole nitrogens is 1. The zero-order chi connectivity index (χ0) is 17.9. The van der Waals surface area contributed by atoms with Crippen molar-refractivity contribution in [1.82, 2.24) is 15.1 Å². The van der Waals surface area contributed by atoms with Crippen molar-refractivity contribution in [1.29, 1.82) is 0 Å². The number of hydrogen-bond acceptors (Lipinski definition) is 3. The maximum Gasteiger partial charge on any atom is 0.272 e. The first-order chi connectivity index (χ1) is 12.7. The molecule has 0 spiro atoms. The van der Waals surface area contributed by atoms with Crippen molar-refractivity contribution in [2.75, 3.05) is 31.1 Å². The van der Waals surface area contributed by atoms with E-state index in [-0.39, 0.29) is 5.91 Å². The molecule has 0 bridgehead atoms. The molecule has 3 aromatic rings. The van der Waals surface area contributed by atoms with Crippen LogP contribution in [0.25, 0.3) is 11.3 Å². The van der Waals surface area contributed by atoms with Crippen molar-refractivity contribution < 1.29 is 4.79 Å². The lowest BCUT2D eigenvalue weighted by atomic mass is 10.1. The number of carbonyl (C=O) groups is 1. The largest absolute Gasteiger partial charge is 0.368 e. The molecule has 1 fully saturated rings. The smallest absolute Gasteiger partial charge is 0.272 e. The zero-order valence-corrected chi connectivity index (χ0v) is 14.9. The Morgan fingerprint density at radius 2 is 1.73 bits per heavy atom. The lowest BCUT2D eigenvalue weighted by molar-refractivity contribution is 0.0741. The second-order valence-electron chi connectivity index (χ2n) is 6.65. The van der Waals surface area contributed by atoms with E-state index in [4.69, 9.17) is 0 Å². The molecule has 26 heavy (non-hydrogen) atoms. The Balaban J connectivity index is 1.42. The van der Waals surface area contributed by atoms with Crippen LogP contribution in [0.5, 0.6) is 0 Å². The highest BCUT2D eigenvalue weighted by Gasteiger charge is 2.23. The Hall–Kier alpha value is -3.08. The van der Waals surface area contributed by atoms with Crippen LogP contribution in [-0.4, -0.2) is 47.2 Å². The second-order valence-corrected chi connectivity index (χ2v) is 6.65. The molecular weight excluding hydrogens is 324 g/mol. The summed E-state index contributed by atoms with van der Waals surface area (Å²) in [6.07, 6.45) is 0. The van der Waals surface area contributed by atoms with Crippen LogP contribution in [0.3, 0.4) is 0 Å². The fourth-order valence-electron chi connectivity index (χ4n) is 3.35. The number of carbonyl (C=O) groups excluding carboxylic acids is 1. The number of nitrogens with one attached hydrogen (secondary N) is 1. The molecule has 5 nitrogen and oxygen atoms in total. The van der Waals surface area contributed by atoms with Crippen molar-refractivity contribution in [2.45, 2.75) is 6.92 Å². The van der Waals surface area contributed by atoms with Gasteiger partial charge in [-0.05, 0) is 30.7 Å². The van der Waals surface area contributed by atoms with Gasteiger partial charge in [0.25, 0.3) is 5.91 Å². The number of rotatable bonds is 3. The number of hydrogen-bond donors (Lipinski definition) is 1. The summed E-state index contributed by atoms with van der Waals surface area (Å²) in [6.45, 7) is 5.22. The summed E-state index contributed by atoms with van der Waals surface area (Å²) in [5.74, 6) is 0.0172. The number of aromatic nitrogens is 2. The number of aromatic amines is 1. The minimum Gasteiger partial charge on any atom is -0.368 e. The molecular formula is C21H22N4O. The van der Waals surface area contributed by atoms with Crippen molar-refractivity contribution in [2.24, 2.45) is 0 Å². The van der Waals surface area contributed by atoms with Crippen LogP contribution in [0, 0.1) is 6.92 Å². The predicted octanol–water partition coefficient (Wildman–Crippen LogP) is 3.35. The first-order valence-electron chi connectivity index (χ1n) is 8.92. The highest BCUT2D eigenvalue weighted by atomic mass is 16.2. The van der Waals surface area contributed by atoms with Crippen LogP contribution in [0.2, 0.25) is 0 Å². The third-order valence-electron chi connectivity index (χ3n) is 4.81. The summed E-state index contributed by atoms with van der Waals surface area (Å²) in [5, 5.41) is 7.19. The van der Waals surface area contributed by atoms with Gasteiger partial charge in [-0.3, -0.25) is 9.89 Å². The summed E-state index contributed by atoms with van der Waals surface area (Å²) in [4.78, 5) is 17.0. The van der Waals surface area contributed by atoms with Crippen LogP contribution in [-0.2, 0) is 0 Å². The molecule has 1 saturated heterocycles. The van der Waals surface area contributed by atoms with E-state index in [1.807, 2.05) is 41.3 Å². The fraction of sp³-hybridized carbons (Fsp3) is 0.238. The van der Waals surface area contributed by atoms with E-state index in [2.05, 4.69) is 46.3 Å². The summed E-state index contributed by atoms with van der Waals surface area (Å²) >= 11 is 0. The molecule has 5 heteroatoms. The summed E-state index contributed by atoms with van der Waals surface area (Å²) in [6, 6.07) is 20.2. The summed E-state index contributed by atoms with van der Waals surface area (Å²) in [5.41, 5.74) is 4.84. The van der Waals surface area contributed by atoms with Crippen LogP contribution < -0.4 is 4.90 Å². The first-order valence-corrected chi connectivity index (χ1v) is 8.92. The van der Waals surface area contributed by atoms with Crippen LogP contribution in [0.4, 0.5) is 5.69 Å². The number of amides is 1. The Morgan fingerprint density at radius 3 is 2.46 bits per heavy atom. The lowest BCUT2D eigenvalue weighted by Crippen LogP contribution is -2.48. The lowest BCUT2D eigenvalue weighted by Gasteiger charge is -2.36. The number of benzene rings is 2. The Labute approximate surface area is 153 Å². The molecule has 2 aromatic carbocycles. The molecule has 1 aromatic heterocycles. The number of aryl methyl sites for hydroxylation is 1. The minimum absolute atomic E-state index is 0.0172. The normalized spacial score (nSPS) is 14.5. The SMILES string of the molecule is Cc1cccc(N2CCN(C(=O)c3cc(-c4ccccc4)n[nH]3)CC2)c1. The molecule has 1 N–H and O–H groups in total. The predicted molar refractivity (Wildman–Crippen MR) is 103 cm³/mol. The van der Waals surface area contributed by atoms with E-state index in [1.54, 1.807) is 0 Å². The molecule has 0 aliphatic carbocycles. The molecule has 2 heterocycles. The average Bonchev–Trinajstić information content (AvgIpc) is 3.18. The molecule has 1 aliphatic heterocycles. The van der Waals surface area contributed by atoms with Crippen LogP contribution in [0.15, 0.2) is 60.7 Å². The van der Waals surface area contributed by atoms with Gasteiger partial charge in [-0.25, -0.2) is 0 Å². The van der Waals surface area contributed by atoms with Crippen molar-refractivity contribution in [3.05, 3.63) is 71.9 Å². The summed E-state index contributed by atoms with van der Waals surface area (Å²) in [7, 11) is 0. The van der Waals surface area contributed by atoms with Crippen molar-refractivity contribution >= 4 is 11.6 Å². The van der Waals surface area contributed by atoms with Gasteiger partial charge in [-0.15, -0.1) is 0 Å². The highest BCUT2D eigenvalue weighted by Crippen LogP contribution is 2.20. The highest BCUT2D eigenvalue weighted by molar-refractivity contribution is 5.93. The van der Waals surface area contributed by atoms with Crippen LogP contribution >= 0.6 is 0 Å². The molecule has 0 unspecified atom stereocenters. The first kappa shape index (κ1) is 16.4. The third kappa shape index (κ3) is 3.33. The van der Waals surface area contributed by atoms with Gasteiger partial charge in [0.2, 0.25) is 0 Å². The van der Waals surface area contributed by atoms with Gasteiger partial charge in [-0.2, -0.15) is 5.10 Å². The second kappa shape index (κ2) is 7.04. The van der Waals surface area contributed by atoms with E-state index < -0.39 is 0 Å². The number of piperazine rings is 1. The van der Waals surface area contributed by atoms with Gasteiger partial charge in [0, 0.05) is 37.4 Å². The third-order valence-corrected chi connectivity index (χ3v) is 4.81. The molecule has 1 aliphatic rings. The molecule has 0 atom stereocenters. The van der Waals surface area contributed by atoms with Gasteiger partial charge in [0.1, 0.15) is 5.69 Å². The van der Waals surface area contributed by atoms with Crippen molar-refractivity contribution in [3.63, 3.8) is 0 Å². The maximum absolute atomic E-state index is 12.8. The molecule has 132 valence electrons. The van der Waals surface area contributed by atoms with E-state index in [1.165, 1.54) is 11.3 Å². The summed E-state index contributed by atoms with van der Waals surface area (Å²) < 4.78 is 0. The van der Waals surface area contributed by atoms with Gasteiger partial charge >= 0.3 is 0 Å². The Bertz CT molecular complexity index is 895. The van der Waals surface area contributed by atoms with E-state index >= 15 is 0 Å². The monoisotopic (exact) mass is 346 g/mol. The Kier molecular flexibility index (Phi) is 4.44. The van der Waals surface area contributed by atoms with E-state index in [9.17, 15) is 4.79 Å². The standard InChI is InChI=1S/C21H22N4O/c1-16-6-5-9-18(14-16)24-10-12-25(13-11-24)21(26)20-15-19(22-23-20)17-7-3-2-4-8-17/h2-9,14-15H,10-13H2,1H3,(H,22,23). The minimum atomic E-state index is 0.0172. The van der Waals surface area contributed by atoms with Gasteiger partial charge in [0.15, 0.2) is 0 Å². The molecule has 4 rings (SSSR count). The average molecular weight is 346 g/mol. The van der Waals surface area contributed by atoms with E-state index in [0.29, 0.717) is 18.8 Å². The number of nitrogens with zero attached hydrogens (tertiary/aromatic N) is 3. The molecule has 0 radical (unpaired) electrons. The quantitative estimate of drug-likeness (QED) is 0.791. The van der Waals surface area contributed by atoms with Crippen LogP contribution in [0.1, 0.15) is 16.1 Å². The fourth-order valence-corrected chi connectivity index (χ4v) is 3.35. The molecule has 0 saturated carbocycles. The van der Waals surface area contributed by atoms with Gasteiger partial charge in [0.05, 0.1) is 5.69 Å². The zero-order valence-electron chi connectivity index (χ0n) is 14.9.